The third-order valence-electron chi connectivity index (χ3n) is 3.19. The zero-order valence-electron chi connectivity index (χ0n) is 12.9. The number of methoxy groups -OCH3 is 1. The molecule has 0 aliphatic heterocycles. The SMILES string of the molecule is CCCNC(=O)c1ccc(NCc2ccc(OC)cc2)cn1. The van der Waals surface area contributed by atoms with Gasteiger partial charge in [-0.3, -0.25) is 4.79 Å². The summed E-state index contributed by atoms with van der Waals surface area (Å²) in [6, 6.07) is 11.4. The van der Waals surface area contributed by atoms with Crippen molar-refractivity contribution in [2.45, 2.75) is 19.9 Å². The molecule has 2 N–H and O–H groups in total. The molecule has 1 aromatic carbocycles. The van der Waals surface area contributed by atoms with Crippen LogP contribution in [-0.2, 0) is 6.54 Å². The first-order chi connectivity index (χ1) is 10.7. The van der Waals surface area contributed by atoms with E-state index in [-0.39, 0.29) is 5.91 Å². The zero-order chi connectivity index (χ0) is 15.8. The quantitative estimate of drug-likeness (QED) is 0.825. The minimum Gasteiger partial charge on any atom is -0.497 e. The topological polar surface area (TPSA) is 63.2 Å². The Hall–Kier alpha value is -2.56. The molecular weight excluding hydrogens is 278 g/mol. The average Bonchev–Trinajstić information content (AvgIpc) is 2.58. The van der Waals surface area contributed by atoms with E-state index < -0.39 is 0 Å². The smallest absolute Gasteiger partial charge is 0.269 e. The lowest BCUT2D eigenvalue weighted by atomic mass is 10.2. The van der Waals surface area contributed by atoms with Crippen LogP contribution in [0.3, 0.4) is 0 Å². The second-order valence-corrected chi connectivity index (χ2v) is 4.89. The van der Waals surface area contributed by atoms with Crippen molar-refractivity contribution >= 4 is 11.6 Å². The number of rotatable bonds is 7. The molecule has 0 bridgehead atoms. The van der Waals surface area contributed by atoms with Crippen LogP contribution < -0.4 is 15.4 Å². The van der Waals surface area contributed by atoms with E-state index in [1.807, 2.05) is 37.3 Å². The number of aromatic nitrogens is 1. The van der Waals surface area contributed by atoms with Crippen molar-refractivity contribution in [2.75, 3.05) is 19.0 Å². The van der Waals surface area contributed by atoms with E-state index in [4.69, 9.17) is 4.74 Å². The molecule has 0 radical (unpaired) electrons. The monoisotopic (exact) mass is 299 g/mol. The maximum Gasteiger partial charge on any atom is 0.269 e. The highest BCUT2D eigenvalue weighted by molar-refractivity contribution is 5.92. The first-order valence-corrected chi connectivity index (χ1v) is 7.34. The molecule has 0 saturated heterocycles. The second-order valence-electron chi connectivity index (χ2n) is 4.89. The van der Waals surface area contributed by atoms with Gasteiger partial charge in [0, 0.05) is 13.1 Å². The number of amides is 1. The van der Waals surface area contributed by atoms with Gasteiger partial charge in [0.15, 0.2) is 0 Å². The molecule has 1 aromatic heterocycles. The van der Waals surface area contributed by atoms with Gasteiger partial charge in [-0.1, -0.05) is 19.1 Å². The van der Waals surface area contributed by atoms with Crippen molar-refractivity contribution in [3.63, 3.8) is 0 Å². The van der Waals surface area contributed by atoms with E-state index in [9.17, 15) is 4.79 Å². The fraction of sp³-hybridized carbons (Fsp3) is 0.294. The fourth-order valence-electron chi connectivity index (χ4n) is 1.91. The van der Waals surface area contributed by atoms with Crippen LogP contribution in [0.2, 0.25) is 0 Å². The molecule has 0 aliphatic carbocycles. The molecule has 0 unspecified atom stereocenters. The van der Waals surface area contributed by atoms with Gasteiger partial charge in [-0.15, -0.1) is 0 Å². The molecule has 5 nitrogen and oxygen atoms in total. The third kappa shape index (κ3) is 4.48. The lowest BCUT2D eigenvalue weighted by molar-refractivity contribution is 0.0949. The van der Waals surface area contributed by atoms with Gasteiger partial charge in [0.2, 0.25) is 0 Å². The predicted molar refractivity (Wildman–Crippen MR) is 87.2 cm³/mol. The van der Waals surface area contributed by atoms with Crippen molar-refractivity contribution in [2.24, 2.45) is 0 Å². The van der Waals surface area contributed by atoms with Crippen LogP contribution in [0.25, 0.3) is 0 Å². The van der Waals surface area contributed by atoms with E-state index in [1.54, 1.807) is 19.4 Å². The molecular formula is C17H21N3O2. The van der Waals surface area contributed by atoms with E-state index >= 15 is 0 Å². The zero-order valence-corrected chi connectivity index (χ0v) is 12.9. The maximum atomic E-state index is 11.7. The second kappa shape index (κ2) is 8.02. The molecule has 2 aromatic rings. The van der Waals surface area contributed by atoms with Crippen molar-refractivity contribution in [3.8, 4) is 5.75 Å². The molecule has 0 fully saturated rings. The Kier molecular flexibility index (Phi) is 5.77. The van der Waals surface area contributed by atoms with Gasteiger partial charge >= 0.3 is 0 Å². The van der Waals surface area contributed by atoms with E-state index in [0.29, 0.717) is 18.8 Å². The van der Waals surface area contributed by atoms with Crippen LogP contribution in [0.4, 0.5) is 5.69 Å². The summed E-state index contributed by atoms with van der Waals surface area (Å²) in [5.74, 6) is 0.705. The Morgan fingerprint density at radius 1 is 1.18 bits per heavy atom. The van der Waals surface area contributed by atoms with Crippen LogP contribution >= 0.6 is 0 Å². The number of carbonyl (C=O) groups excluding carboxylic acids is 1. The largest absolute Gasteiger partial charge is 0.497 e. The lowest BCUT2D eigenvalue weighted by Crippen LogP contribution is -2.24. The number of nitrogens with one attached hydrogen (secondary N) is 2. The Morgan fingerprint density at radius 2 is 1.95 bits per heavy atom. The molecule has 116 valence electrons. The summed E-state index contributed by atoms with van der Waals surface area (Å²) in [6.07, 6.45) is 2.58. The summed E-state index contributed by atoms with van der Waals surface area (Å²) in [6.45, 7) is 3.37. The van der Waals surface area contributed by atoms with Gasteiger partial charge in [-0.2, -0.15) is 0 Å². The maximum absolute atomic E-state index is 11.7. The highest BCUT2D eigenvalue weighted by Crippen LogP contribution is 2.13. The number of ether oxygens (including phenoxy) is 1. The van der Waals surface area contributed by atoms with Gasteiger partial charge in [-0.05, 0) is 36.2 Å². The molecule has 0 spiro atoms. The molecule has 5 heteroatoms. The number of nitrogens with zero attached hydrogens (tertiary/aromatic N) is 1. The molecule has 1 amide bonds. The first-order valence-electron chi connectivity index (χ1n) is 7.34. The van der Waals surface area contributed by atoms with E-state index in [1.165, 1.54) is 0 Å². The van der Waals surface area contributed by atoms with Crippen LogP contribution in [-0.4, -0.2) is 24.5 Å². The summed E-state index contributed by atoms with van der Waals surface area (Å²) < 4.78 is 5.13. The van der Waals surface area contributed by atoms with E-state index in [0.717, 1.165) is 23.4 Å². The van der Waals surface area contributed by atoms with Crippen LogP contribution in [0.1, 0.15) is 29.4 Å². The molecule has 0 atom stereocenters. The van der Waals surface area contributed by atoms with Crippen LogP contribution in [0.5, 0.6) is 5.75 Å². The van der Waals surface area contributed by atoms with Crippen molar-refractivity contribution < 1.29 is 9.53 Å². The van der Waals surface area contributed by atoms with Crippen molar-refractivity contribution in [3.05, 3.63) is 53.9 Å². The molecule has 1 heterocycles. The van der Waals surface area contributed by atoms with Gasteiger partial charge in [0.25, 0.3) is 5.91 Å². The average molecular weight is 299 g/mol. The minimum absolute atomic E-state index is 0.136. The van der Waals surface area contributed by atoms with Gasteiger partial charge in [0.05, 0.1) is 19.0 Å². The summed E-state index contributed by atoms with van der Waals surface area (Å²) in [5, 5.41) is 6.08. The van der Waals surface area contributed by atoms with Gasteiger partial charge in [-0.25, -0.2) is 4.98 Å². The number of hydrogen-bond acceptors (Lipinski definition) is 4. The minimum atomic E-state index is -0.136. The molecule has 22 heavy (non-hydrogen) atoms. The van der Waals surface area contributed by atoms with Gasteiger partial charge < -0.3 is 15.4 Å². The van der Waals surface area contributed by atoms with Crippen LogP contribution in [0, 0.1) is 0 Å². The molecule has 2 rings (SSSR count). The highest BCUT2D eigenvalue weighted by Gasteiger charge is 2.05. The number of benzene rings is 1. The summed E-state index contributed by atoms with van der Waals surface area (Å²) in [5.41, 5.74) is 2.46. The highest BCUT2D eigenvalue weighted by atomic mass is 16.5. The van der Waals surface area contributed by atoms with Crippen molar-refractivity contribution in [1.82, 2.24) is 10.3 Å². The van der Waals surface area contributed by atoms with Crippen LogP contribution in [0.15, 0.2) is 42.6 Å². The predicted octanol–water partition coefficient (Wildman–Crippen LogP) is 2.84. The Bertz CT molecular complexity index is 594. The molecule has 0 aliphatic rings. The number of hydrogen-bond donors (Lipinski definition) is 2. The summed E-state index contributed by atoms with van der Waals surface area (Å²) >= 11 is 0. The number of pyridine rings is 1. The lowest BCUT2D eigenvalue weighted by Gasteiger charge is -2.08. The van der Waals surface area contributed by atoms with Gasteiger partial charge in [0.1, 0.15) is 11.4 Å². The summed E-state index contributed by atoms with van der Waals surface area (Å²) in [4.78, 5) is 15.9. The fourth-order valence-corrected chi connectivity index (χ4v) is 1.91. The first kappa shape index (κ1) is 15.8. The van der Waals surface area contributed by atoms with Crippen molar-refractivity contribution in [1.29, 1.82) is 0 Å². The van der Waals surface area contributed by atoms with E-state index in [2.05, 4.69) is 15.6 Å². The number of anilines is 1. The normalized spacial score (nSPS) is 10.1. The Balaban J connectivity index is 1.89. The molecule has 0 saturated carbocycles. The summed E-state index contributed by atoms with van der Waals surface area (Å²) in [7, 11) is 1.65. The Labute approximate surface area is 130 Å². The number of carbonyl (C=O) groups is 1. The Morgan fingerprint density at radius 3 is 2.55 bits per heavy atom. The third-order valence-corrected chi connectivity index (χ3v) is 3.19. The standard InChI is InChI=1S/C17H21N3O2/c1-3-10-18-17(21)16-9-6-14(12-20-16)19-11-13-4-7-15(22-2)8-5-13/h4-9,12,19H,3,10-11H2,1-2H3,(H,18,21).